The molecule has 3 rings (SSSR count). The van der Waals surface area contributed by atoms with Crippen LogP contribution in [0.15, 0.2) is 78.9 Å². The number of ketones is 1. The predicted octanol–water partition coefficient (Wildman–Crippen LogP) is 5.41. The Hall–Kier alpha value is -3.32. The zero-order valence-corrected chi connectivity index (χ0v) is 16.2. The summed E-state index contributed by atoms with van der Waals surface area (Å²) in [6.07, 6.45) is -6.07. The van der Waals surface area contributed by atoms with E-state index in [4.69, 9.17) is 11.6 Å². The van der Waals surface area contributed by atoms with E-state index in [1.807, 2.05) is 0 Å². The van der Waals surface area contributed by atoms with Gasteiger partial charge in [0.05, 0.1) is 5.56 Å². The summed E-state index contributed by atoms with van der Waals surface area (Å²) < 4.78 is 40.1. The number of para-hydroxylation sites is 1. The van der Waals surface area contributed by atoms with Crippen molar-refractivity contribution in [3.8, 4) is 0 Å². The van der Waals surface area contributed by atoms with E-state index in [1.54, 1.807) is 18.2 Å². The molecule has 0 spiro atoms. The summed E-state index contributed by atoms with van der Waals surface area (Å²) in [4.78, 5) is 25.6. The molecule has 0 aliphatic rings. The van der Waals surface area contributed by atoms with Crippen molar-refractivity contribution in [3.05, 3.63) is 101 Å². The standard InChI is InChI=1S/C22H16ClF3N2O2/c23-16-12-10-15(11-13-16)21(30)28-20(19(29)14-6-2-1-3-7-14)27-18-9-5-4-8-17(18)22(24,25)26/h1-13,20,27H,(H,28,30)/t20-/m0/s1. The van der Waals surface area contributed by atoms with Crippen LogP contribution in [0.2, 0.25) is 5.02 Å². The van der Waals surface area contributed by atoms with E-state index in [9.17, 15) is 22.8 Å². The van der Waals surface area contributed by atoms with Gasteiger partial charge in [-0.2, -0.15) is 13.2 Å². The lowest BCUT2D eigenvalue weighted by atomic mass is 10.1. The van der Waals surface area contributed by atoms with Crippen molar-refractivity contribution < 1.29 is 22.8 Å². The molecule has 0 aliphatic heterocycles. The van der Waals surface area contributed by atoms with Gasteiger partial charge in [-0.1, -0.05) is 54.1 Å². The van der Waals surface area contributed by atoms with Gasteiger partial charge in [-0.15, -0.1) is 0 Å². The zero-order valence-electron chi connectivity index (χ0n) is 15.4. The van der Waals surface area contributed by atoms with Crippen molar-refractivity contribution in [2.45, 2.75) is 12.3 Å². The number of alkyl halides is 3. The molecule has 0 saturated carbocycles. The monoisotopic (exact) mass is 432 g/mol. The molecule has 3 aromatic rings. The Balaban J connectivity index is 1.93. The Morgan fingerprint density at radius 2 is 1.40 bits per heavy atom. The molecule has 0 unspecified atom stereocenters. The molecular weight excluding hydrogens is 417 g/mol. The van der Waals surface area contributed by atoms with Gasteiger partial charge in [0.25, 0.3) is 5.91 Å². The molecule has 30 heavy (non-hydrogen) atoms. The van der Waals surface area contributed by atoms with Crippen LogP contribution in [0.3, 0.4) is 0 Å². The van der Waals surface area contributed by atoms with E-state index in [0.717, 1.165) is 6.07 Å². The first-order valence-electron chi connectivity index (χ1n) is 8.84. The lowest BCUT2D eigenvalue weighted by Gasteiger charge is -2.23. The first-order valence-corrected chi connectivity index (χ1v) is 9.22. The summed E-state index contributed by atoms with van der Waals surface area (Å²) in [6.45, 7) is 0. The maximum absolute atomic E-state index is 13.4. The van der Waals surface area contributed by atoms with Crippen molar-refractivity contribution in [1.82, 2.24) is 5.32 Å². The molecule has 0 aromatic heterocycles. The van der Waals surface area contributed by atoms with E-state index in [0.29, 0.717) is 5.02 Å². The number of benzene rings is 3. The van der Waals surface area contributed by atoms with Gasteiger partial charge >= 0.3 is 6.18 Å². The van der Waals surface area contributed by atoms with Gasteiger partial charge in [-0.05, 0) is 36.4 Å². The van der Waals surface area contributed by atoms with E-state index >= 15 is 0 Å². The third kappa shape index (κ3) is 5.18. The normalized spacial score (nSPS) is 12.1. The second kappa shape index (κ2) is 9.00. The number of halogens is 4. The molecule has 0 aliphatic carbocycles. The molecule has 3 aromatic carbocycles. The fourth-order valence-corrected chi connectivity index (χ4v) is 2.89. The summed E-state index contributed by atoms with van der Waals surface area (Å²) in [5.41, 5.74) is -0.834. The van der Waals surface area contributed by atoms with Crippen LogP contribution in [-0.4, -0.2) is 17.9 Å². The Morgan fingerprint density at radius 3 is 2.03 bits per heavy atom. The van der Waals surface area contributed by atoms with Gasteiger partial charge in [0.2, 0.25) is 5.78 Å². The third-order valence-electron chi connectivity index (χ3n) is 4.23. The average molecular weight is 433 g/mol. The zero-order chi connectivity index (χ0) is 21.7. The lowest BCUT2D eigenvalue weighted by Crippen LogP contribution is -2.46. The van der Waals surface area contributed by atoms with E-state index in [1.165, 1.54) is 54.6 Å². The molecule has 0 saturated heterocycles. The van der Waals surface area contributed by atoms with Gasteiger partial charge in [0.1, 0.15) is 0 Å². The van der Waals surface area contributed by atoms with E-state index < -0.39 is 29.6 Å². The van der Waals surface area contributed by atoms with Crippen LogP contribution in [0, 0.1) is 0 Å². The van der Waals surface area contributed by atoms with Crippen LogP contribution >= 0.6 is 11.6 Å². The highest BCUT2D eigenvalue weighted by Gasteiger charge is 2.34. The molecule has 0 radical (unpaired) electrons. The van der Waals surface area contributed by atoms with Crippen LogP contribution in [0.4, 0.5) is 18.9 Å². The molecule has 4 nitrogen and oxygen atoms in total. The predicted molar refractivity (Wildman–Crippen MR) is 109 cm³/mol. The lowest BCUT2D eigenvalue weighted by molar-refractivity contribution is -0.137. The largest absolute Gasteiger partial charge is 0.418 e. The Bertz CT molecular complexity index is 1040. The summed E-state index contributed by atoms with van der Waals surface area (Å²) in [5.74, 6) is -1.23. The highest BCUT2D eigenvalue weighted by molar-refractivity contribution is 6.30. The topological polar surface area (TPSA) is 58.2 Å². The molecule has 154 valence electrons. The van der Waals surface area contributed by atoms with Crippen LogP contribution in [-0.2, 0) is 6.18 Å². The molecule has 8 heteroatoms. The summed E-state index contributed by atoms with van der Waals surface area (Å²) >= 11 is 5.82. The van der Waals surface area contributed by atoms with Crippen molar-refractivity contribution in [1.29, 1.82) is 0 Å². The average Bonchev–Trinajstić information content (AvgIpc) is 2.73. The highest BCUT2D eigenvalue weighted by Crippen LogP contribution is 2.34. The minimum absolute atomic E-state index is 0.205. The number of carbonyl (C=O) groups is 2. The molecule has 1 atom stereocenters. The number of hydrogen-bond donors (Lipinski definition) is 2. The number of nitrogens with one attached hydrogen (secondary N) is 2. The van der Waals surface area contributed by atoms with Crippen molar-refractivity contribution in [2.24, 2.45) is 0 Å². The highest BCUT2D eigenvalue weighted by atomic mass is 35.5. The van der Waals surface area contributed by atoms with Crippen LogP contribution < -0.4 is 10.6 Å². The number of anilines is 1. The first kappa shape index (κ1) is 21.4. The minimum atomic E-state index is -4.63. The Labute approximate surface area is 175 Å². The number of hydrogen-bond acceptors (Lipinski definition) is 3. The summed E-state index contributed by atoms with van der Waals surface area (Å²) in [7, 11) is 0. The maximum Gasteiger partial charge on any atom is 0.418 e. The summed E-state index contributed by atoms with van der Waals surface area (Å²) in [5, 5.41) is 5.42. The number of carbonyl (C=O) groups excluding carboxylic acids is 2. The van der Waals surface area contributed by atoms with Gasteiger partial charge in [0.15, 0.2) is 6.17 Å². The van der Waals surface area contributed by atoms with E-state index in [2.05, 4.69) is 10.6 Å². The smallest absolute Gasteiger partial charge is 0.358 e. The Morgan fingerprint density at radius 1 is 0.800 bits per heavy atom. The molecule has 0 fully saturated rings. The fourth-order valence-electron chi connectivity index (χ4n) is 2.76. The second-order valence-electron chi connectivity index (χ2n) is 6.33. The number of rotatable bonds is 6. The molecular formula is C22H16ClF3N2O2. The van der Waals surface area contributed by atoms with Gasteiger partial charge in [-0.25, -0.2) is 0 Å². The maximum atomic E-state index is 13.4. The van der Waals surface area contributed by atoms with Gasteiger partial charge < -0.3 is 10.6 Å². The van der Waals surface area contributed by atoms with Gasteiger partial charge in [-0.3, -0.25) is 9.59 Å². The minimum Gasteiger partial charge on any atom is -0.358 e. The Kier molecular flexibility index (Phi) is 6.42. The van der Waals surface area contributed by atoms with Crippen LogP contribution in [0.5, 0.6) is 0 Å². The summed E-state index contributed by atoms with van der Waals surface area (Å²) in [6, 6.07) is 18.6. The third-order valence-corrected chi connectivity index (χ3v) is 4.49. The number of Topliss-reactive ketones (excluding diaryl/α,β-unsaturated/α-hetero) is 1. The van der Waals surface area contributed by atoms with Crippen molar-refractivity contribution in [2.75, 3.05) is 5.32 Å². The quantitative estimate of drug-likeness (QED) is 0.404. The molecule has 2 N–H and O–H groups in total. The molecule has 0 heterocycles. The molecule has 0 bridgehead atoms. The second-order valence-corrected chi connectivity index (χ2v) is 6.77. The molecule has 1 amide bonds. The van der Waals surface area contributed by atoms with Crippen LogP contribution in [0.1, 0.15) is 26.3 Å². The van der Waals surface area contributed by atoms with Crippen molar-refractivity contribution >= 4 is 29.0 Å². The van der Waals surface area contributed by atoms with Crippen molar-refractivity contribution in [3.63, 3.8) is 0 Å². The van der Waals surface area contributed by atoms with Gasteiger partial charge in [0, 0.05) is 21.8 Å². The SMILES string of the molecule is O=C(N[C@H](Nc1ccccc1C(F)(F)F)C(=O)c1ccccc1)c1ccc(Cl)cc1. The van der Waals surface area contributed by atoms with E-state index in [-0.39, 0.29) is 16.8 Å². The van der Waals surface area contributed by atoms with Crippen LogP contribution in [0.25, 0.3) is 0 Å². The number of amides is 1. The first-order chi connectivity index (χ1) is 14.3. The fraction of sp³-hybridized carbons (Fsp3) is 0.0909.